The second-order valence-electron chi connectivity index (χ2n) is 4.95. The summed E-state index contributed by atoms with van der Waals surface area (Å²) < 4.78 is 1.52. The summed E-state index contributed by atoms with van der Waals surface area (Å²) in [6, 6.07) is 1.57. The highest BCUT2D eigenvalue weighted by atomic mass is 16.4. The molecule has 0 fully saturated rings. The van der Waals surface area contributed by atoms with Gasteiger partial charge < -0.3 is 5.11 Å². The molecule has 0 saturated heterocycles. The van der Waals surface area contributed by atoms with Gasteiger partial charge in [-0.05, 0) is 6.07 Å². The van der Waals surface area contributed by atoms with E-state index in [4.69, 9.17) is 5.11 Å². The molecule has 6 heteroatoms. The summed E-state index contributed by atoms with van der Waals surface area (Å²) in [7, 11) is 0. The molecule has 0 atom stereocenters. The van der Waals surface area contributed by atoms with E-state index in [1.807, 2.05) is 20.8 Å². The quantitative estimate of drug-likeness (QED) is 0.871. The molecule has 18 heavy (non-hydrogen) atoms. The maximum Gasteiger partial charge on any atom is 0.356 e. The van der Waals surface area contributed by atoms with Gasteiger partial charge in [-0.1, -0.05) is 20.8 Å². The Morgan fingerprint density at radius 1 is 1.33 bits per heavy atom. The number of carbonyl (C=O) groups is 1. The van der Waals surface area contributed by atoms with Gasteiger partial charge in [-0.25, -0.2) is 14.5 Å². The van der Waals surface area contributed by atoms with Crippen LogP contribution in [0, 0.1) is 0 Å². The van der Waals surface area contributed by atoms with Gasteiger partial charge in [0.2, 0.25) is 0 Å². The number of carboxylic acid groups (broad SMARTS) is 1. The first kappa shape index (κ1) is 12.2. The van der Waals surface area contributed by atoms with Crippen molar-refractivity contribution in [1.82, 2.24) is 19.7 Å². The molecular formula is C12H14N4O2. The largest absolute Gasteiger partial charge is 0.476 e. The second-order valence-corrected chi connectivity index (χ2v) is 4.95. The molecule has 0 aliphatic rings. The van der Waals surface area contributed by atoms with Crippen LogP contribution >= 0.6 is 0 Å². The predicted molar refractivity (Wildman–Crippen MR) is 64.8 cm³/mol. The van der Waals surface area contributed by atoms with E-state index >= 15 is 0 Å². The van der Waals surface area contributed by atoms with Crippen molar-refractivity contribution in [2.75, 3.05) is 0 Å². The van der Waals surface area contributed by atoms with E-state index in [9.17, 15) is 4.79 Å². The maximum atomic E-state index is 11.0. The molecule has 1 N–H and O–H groups in total. The SMILES string of the molecule is CC(C)(C)c1cc(C(=O)O)nn1-c1cnccn1. The van der Waals surface area contributed by atoms with Crippen LogP contribution in [-0.4, -0.2) is 30.8 Å². The predicted octanol–water partition coefficient (Wildman–Crippen LogP) is 1.66. The van der Waals surface area contributed by atoms with Crippen LogP contribution in [0.2, 0.25) is 0 Å². The third-order valence-corrected chi connectivity index (χ3v) is 2.46. The molecule has 2 rings (SSSR count). The van der Waals surface area contributed by atoms with Crippen LogP contribution < -0.4 is 0 Å². The summed E-state index contributed by atoms with van der Waals surface area (Å²) in [5.74, 6) is -0.543. The molecule has 0 aliphatic carbocycles. The third-order valence-electron chi connectivity index (χ3n) is 2.46. The molecule has 2 aromatic heterocycles. The van der Waals surface area contributed by atoms with Gasteiger partial charge in [-0.3, -0.25) is 4.98 Å². The van der Waals surface area contributed by atoms with Gasteiger partial charge in [-0.15, -0.1) is 0 Å². The number of aromatic nitrogens is 4. The first-order chi connectivity index (χ1) is 8.39. The van der Waals surface area contributed by atoms with Crippen LogP contribution in [0.25, 0.3) is 5.82 Å². The number of hydrogen-bond acceptors (Lipinski definition) is 4. The molecule has 0 unspecified atom stereocenters. The molecule has 0 aromatic carbocycles. The lowest BCUT2D eigenvalue weighted by molar-refractivity contribution is 0.0690. The minimum Gasteiger partial charge on any atom is -0.476 e. The fraction of sp³-hybridized carbons (Fsp3) is 0.333. The smallest absolute Gasteiger partial charge is 0.356 e. The zero-order valence-electron chi connectivity index (χ0n) is 10.5. The summed E-state index contributed by atoms with van der Waals surface area (Å²) in [5.41, 5.74) is 0.545. The van der Waals surface area contributed by atoms with E-state index in [2.05, 4.69) is 15.1 Å². The normalized spacial score (nSPS) is 11.5. The van der Waals surface area contributed by atoms with Crippen molar-refractivity contribution in [1.29, 1.82) is 0 Å². The van der Waals surface area contributed by atoms with Gasteiger partial charge in [0.25, 0.3) is 0 Å². The monoisotopic (exact) mass is 246 g/mol. The van der Waals surface area contributed by atoms with Crippen LogP contribution in [0.1, 0.15) is 37.0 Å². The number of carboxylic acids is 1. The molecule has 0 spiro atoms. The minimum absolute atomic E-state index is 0.00516. The van der Waals surface area contributed by atoms with E-state index in [-0.39, 0.29) is 11.1 Å². The number of nitrogens with zero attached hydrogens (tertiary/aromatic N) is 4. The molecule has 0 amide bonds. The van der Waals surface area contributed by atoms with Crippen molar-refractivity contribution < 1.29 is 9.90 Å². The standard InChI is InChI=1S/C12H14N4O2/c1-12(2,3)9-6-8(11(17)18)15-16(9)10-7-13-4-5-14-10/h4-7H,1-3H3,(H,17,18). The summed E-state index contributed by atoms with van der Waals surface area (Å²) in [4.78, 5) is 19.1. The zero-order valence-corrected chi connectivity index (χ0v) is 10.5. The Bertz CT molecular complexity index is 570. The van der Waals surface area contributed by atoms with Crippen molar-refractivity contribution in [3.63, 3.8) is 0 Å². The van der Waals surface area contributed by atoms with E-state index in [1.165, 1.54) is 4.68 Å². The van der Waals surface area contributed by atoms with E-state index in [0.29, 0.717) is 5.82 Å². The fourth-order valence-electron chi connectivity index (χ4n) is 1.60. The van der Waals surface area contributed by atoms with Crippen LogP contribution in [0.5, 0.6) is 0 Å². The molecule has 2 aromatic rings. The lowest BCUT2D eigenvalue weighted by Gasteiger charge is -2.19. The Hall–Kier alpha value is -2.24. The Balaban J connectivity index is 2.62. The topological polar surface area (TPSA) is 80.9 Å². The van der Waals surface area contributed by atoms with Gasteiger partial charge in [0, 0.05) is 17.8 Å². The first-order valence-electron chi connectivity index (χ1n) is 5.50. The summed E-state index contributed by atoms with van der Waals surface area (Å²) >= 11 is 0. The highest BCUT2D eigenvalue weighted by Crippen LogP contribution is 2.25. The van der Waals surface area contributed by atoms with Crippen molar-refractivity contribution in [3.05, 3.63) is 36.0 Å². The van der Waals surface area contributed by atoms with E-state index in [0.717, 1.165) is 5.69 Å². The van der Waals surface area contributed by atoms with Crippen molar-refractivity contribution >= 4 is 5.97 Å². The average Bonchev–Trinajstić information content (AvgIpc) is 2.74. The Kier molecular flexibility index (Phi) is 2.86. The van der Waals surface area contributed by atoms with Crippen LogP contribution in [0.15, 0.2) is 24.7 Å². The van der Waals surface area contributed by atoms with Crippen LogP contribution in [-0.2, 0) is 5.41 Å². The van der Waals surface area contributed by atoms with Gasteiger partial charge in [0.15, 0.2) is 11.5 Å². The van der Waals surface area contributed by atoms with Crippen molar-refractivity contribution in [2.45, 2.75) is 26.2 Å². The second kappa shape index (κ2) is 4.21. The lowest BCUT2D eigenvalue weighted by Crippen LogP contribution is -2.18. The zero-order chi connectivity index (χ0) is 13.3. The minimum atomic E-state index is -1.05. The van der Waals surface area contributed by atoms with Crippen molar-refractivity contribution in [2.24, 2.45) is 0 Å². The molecular weight excluding hydrogens is 232 g/mol. The summed E-state index contributed by atoms with van der Waals surface area (Å²) in [5, 5.41) is 13.1. The Labute approximate surface area is 104 Å². The number of hydrogen-bond donors (Lipinski definition) is 1. The highest BCUT2D eigenvalue weighted by Gasteiger charge is 2.24. The molecule has 6 nitrogen and oxygen atoms in total. The molecule has 0 aliphatic heterocycles. The van der Waals surface area contributed by atoms with Gasteiger partial charge in [0.1, 0.15) is 0 Å². The molecule has 0 saturated carbocycles. The number of aromatic carboxylic acids is 1. The summed E-state index contributed by atoms with van der Waals surface area (Å²) in [6.45, 7) is 5.97. The first-order valence-corrected chi connectivity index (χ1v) is 5.50. The molecule has 94 valence electrons. The average molecular weight is 246 g/mol. The van der Waals surface area contributed by atoms with Crippen LogP contribution in [0.3, 0.4) is 0 Å². The highest BCUT2D eigenvalue weighted by molar-refractivity contribution is 5.85. The molecule has 0 radical (unpaired) electrons. The van der Waals surface area contributed by atoms with Gasteiger partial charge in [0.05, 0.1) is 11.9 Å². The van der Waals surface area contributed by atoms with E-state index < -0.39 is 5.97 Å². The lowest BCUT2D eigenvalue weighted by atomic mass is 9.92. The number of rotatable bonds is 2. The van der Waals surface area contributed by atoms with E-state index in [1.54, 1.807) is 24.7 Å². The molecule has 0 bridgehead atoms. The Morgan fingerprint density at radius 3 is 2.56 bits per heavy atom. The summed E-state index contributed by atoms with van der Waals surface area (Å²) in [6.07, 6.45) is 4.65. The molecule has 2 heterocycles. The fourth-order valence-corrected chi connectivity index (χ4v) is 1.60. The Morgan fingerprint density at radius 2 is 2.06 bits per heavy atom. The maximum absolute atomic E-state index is 11.0. The van der Waals surface area contributed by atoms with Gasteiger partial charge in [-0.2, -0.15) is 5.10 Å². The van der Waals surface area contributed by atoms with Crippen LogP contribution in [0.4, 0.5) is 0 Å². The van der Waals surface area contributed by atoms with Crippen molar-refractivity contribution in [3.8, 4) is 5.82 Å². The van der Waals surface area contributed by atoms with Gasteiger partial charge >= 0.3 is 5.97 Å². The third kappa shape index (κ3) is 2.22.